The topological polar surface area (TPSA) is 76.2 Å². The molecule has 0 radical (unpaired) electrons. The van der Waals surface area contributed by atoms with E-state index in [0.29, 0.717) is 40.6 Å². The number of piperidine rings is 1. The standard InChI is InChI=1S/C34H33ClF2N2O5S/c1-43-29-10-6-8-24(21-29)34(40)38-19-5-4-9-28(38)18-20-44-33-11-3-2-7-25(33)23-39(32-22-27(36)14-17-31(32)37)45(41,42)30-15-12-26(35)13-16-30/h2-3,6-8,10-17,21-22,28H,4-5,9,18-20,23H2,1H3. The van der Waals surface area contributed by atoms with E-state index in [1.807, 2.05) is 4.90 Å². The van der Waals surface area contributed by atoms with Gasteiger partial charge < -0.3 is 14.4 Å². The summed E-state index contributed by atoms with van der Waals surface area (Å²) >= 11 is 5.97. The van der Waals surface area contributed by atoms with E-state index in [1.165, 1.54) is 24.3 Å². The summed E-state index contributed by atoms with van der Waals surface area (Å²) in [6.07, 6.45) is 3.27. The number of nitrogens with zero attached hydrogens (tertiary/aromatic N) is 2. The second-order valence-electron chi connectivity index (χ2n) is 10.7. The fourth-order valence-corrected chi connectivity index (χ4v) is 7.00. The first kappa shape index (κ1) is 32.2. The highest BCUT2D eigenvalue weighted by molar-refractivity contribution is 7.92. The maximum Gasteiger partial charge on any atom is 0.264 e. The van der Waals surface area contributed by atoms with Crippen molar-refractivity contribution in [3.05, 3.63) is 119 Å². The van der Waals surface area contributed by atoms with Crippen molar-refractivity contribution in [1.82, 2.24) is 4.90 Å². The van der Waals surface area contributed by atoms with Crippen molar-refractivity contribution in [1.29, 1.82) is 0 Å². The van der Waals surface area contributed by atoms with E-state index in [1.54, 1.807) is 55.6 Å². The number of amides is 1. The summed E-state index contributed by atoms with van der Waals surface area (Å²) in [6, 6.07) is 22.0. The summed E-state index contributed by atoms with van der Waals surface area (Å²) < 4.78 is 69.2. The smallest absolute Gasteiger partial charge is 0.264 e. The van der Waals surface area contributed by atoms with Crippen LogP contribution in [0.4, 0.5) is 14.5 Å². The first-order valence-corrected chi connectivity index (χ1v) is 16.4. The number of carbonyl (C=O) groups excluding carboxylic acids is 1. The molecule has 5 rings (SSSR count). The molecule has 0 N–H and O–H groups in total. The molecular weight excluding hydrogens is 622 g/mol. The Kier molecular flexibility index (Phi) is 10.2. The maximum atomic E-state index is 15.0. The van der Waals surface area contributed by atoms with Crippen LogP contribution < -0.4 is 13.8 Å². The van der Waals surface area contributed by atoms with Gasteiger partial charge in [0.2, 0.25) is 0 Å². The lowest BCUT2D eigenvalue weighted by molar-refractivity contribution is 0.0580. The van der Waals surface area contributed by atoms with Gasteiger partial charge >= 0.3 is 0 Å². The molecule has 0 spiro atoms. The van der Waals surface area contributed by atoms with Gasteiger partial charge in [0.1, 0.15) is 23.1 Å². The lowest BCUT2D eigenvalue weighted by Crippen LogP contribution is -2.44. The summed E-state index contributed by atoms with van der Waals surface area (Å²) in [5.41, 5.74) is 0.569. The first-order valence-electron chi connectivity index (χ1n) is 14.6. The summed E-state index contributed by atoms with van der Waals surface area (Å²) in [4.78, 5) is 15.1. The number of carbonyl (C=O) groups is 1. The molecule has 4 aromatic rings. The predicted octanol–water partition coefficient (Wildman–Crippen LogP) is 7.49. The third-order valence-corrected chi connectivity index (χ3v) is 9.80. The fraction of sp³-hybridized carbons (Fsp3) is 0.265. The Morgan fingerprint density at radius 3 is 2.53 bits per heavy atom. The Morgan fingerprint density at radius 1 is 0.978 bits per heavy atom. The van der Waals surface area contributed by atoms with Crippen molar-refractivity contribution < 1.29 is 31.5 Å². The van der Waals surface area contributed by atoms with Crippen LogP contribution in [-0.2, 0) is 16.6 Å². The minimum atomic E-state index is -4.35. The highest BCUT2D eigenvalue weighted by Crippen LogP contribution is 2.32. The second kappa shape index (κ2) is 14.3. The van der Waals surface area contributed by atoms with Gasteiger partial charge in [-0.3, -0.25) is 9.10 Å². The first-order chi connectivity index (χ1) is 21.7. The molecule has 0 bridgehead atoms. The average molecular weight is 655 g/mol. The van der Waals surface area contributed by atoms with E-state index >= 15 is 4.39 Å². The molecule has 236 valence electrons. The largest absolute Gasteiger partial charge is 0.497 e. The lowest BCUT2D eigenvalue weighted by Gasteiger charge is -2.36. The van der Waals surface area contributed by atoms with Gasteiger partial charge in [-0.05, 0) is 79.9 Å². The van der Waals surface area contributed by atoms with E-state index in [-0.39, 0.29) is 30.0 Å². The molecular formula is C34H33ClF2N2O5S. The lowest BCUT2D eigenvalue weighted by atomic mass is 9.98. The van der Waals surface area contributed by atoms with Crippen molar-refractivity contribution in [3.8, 4) is 11.5 Å². The fourth-order valence-electron chi connectivity index (χ4n) is 5.44. The number of halogens is 3. The van der Waals surface area contributed by atoms with Gasteiger partial charge in [-0.25, -0.2) is 17.2 Å². The minimum Gasteiger partial charge on any atom is -0.497 e. The zero-order valence-corrected chi connectivity index (χ0v) is 26.2. The van der Waals surface area contributed by atoms with Gasteiger partial charge in [0, 0.05) is 41.2 Å². The van der Waals surface area contributed by atoms with Gasteiger partial charge in [-0.2, -0.15) is 0 Å². The van der Waals surface area contributed by atoms with Crippen LogP contribution in [0.15, 0.2) is 95.9 Å². The molecule has 0 aliphatic carbocycles. The van der Waals surface area contributed by atoms with Crippen LogP contribution >= 0.6 is 11.6 Å². The Balaban J connectivity index is 1.36. The molecule has 0 aromatic heterocycles. The maximum absolute atomic E-state index is 15.0. The molecule has 1 atom stereocenters. The summed E-state index contributed by atoms with van der Waals surface area (Å²) in [7, 11) is -2.79. The quantitative estimate of drug-likeness (QED) is 0.168. The van der Waals surface area contributed by atoms with Gasteiger partial charge in [0.25, 0.3) is 15.9 Å². The normalized spacial score (nSPS) is 15.0. The third-order valence-electron chi connectivity index (χ3n) is 7.78. The molecule has 11 heteroatoms. The molecule has 1 saturated heterocycles. The van der Waals surface area contributed by atoms with Crippen molar-refractivity contribution >= 4 is 33.2 Å². The number of hydrogen-bond donors (Lipinski definition) is 0. The molecule has 4 aromatic carbocycles. The molecule has 1 heterocycles. The van der Waals surface area contributed by atoms with Gasteiger partial charge in [-0.1, -0.05) is 35.9 Å². The van der Waals surface area contributed by atoms with Crippen molar-refractivity contribution in [3.63, 3.8) is 0 Å². The zero-order chi connectivity index (χ0) is 32.0. The van der Waals surface area contributed by atoms with Gasteiger partial charge in [0.05, 0.1) is 30.8 Å². The molecule has 0 saturated carbocycles. The third kappa shape index (κ3) is 7.57. The second-order valence-corrected chi connectivity index (χ2v) is 13.0. The number of ether oxygens (including phenoxy) is 2. The number of benzene rings is 4. The average Bonchev–Trinajstić information content (AvgIpc) is 3.05. The Labute approximate surface area is 267 Å². The molecule has 1 unspecified atom stereocenters. The van der Waals surface area contributed by atoms with Crippen LogP contribution in [-0.4, -0.2) is 45.5 Å². The zero-order valence-electron chi connectivity index (χ0n) is 24.7. The van der Waals surface area contributed by atoms with Gasteiger partial charge in [0.15, 0.2) is 0 Å². The van der Waals surface area contributed by atoms with Crippen LogP contribution in [0.3, 0.4) is 0 Å². The molecule has 7 nitrogen and oxygen atoms in total. The van der Waals surface area contributed by atoms with Crippen molar-refractivity contribution in [2.45, 2.75) is 43.2 Å². The van der Waals surface area contributed by atoms with Crippen LogP contribution in [0.1, 0.15) is 41.6 Å². The van der Waals surface area contributed by atoms with Gasteiger partial charge in [-0.15, -0.1) is 0 Å². The van der Waals surface area contributed by atoms with E-state index < -0.39 is 27.3 Å². The van der Waals surface area contributed by atoms with E-state index in [0.717, 1.165) is 41.8 Å². The Bertz CT molecular complexity index is 1750. The summed E-state index contributed by atoms with van der Waals surface area (Å²) in [6.45, 7) is 0.557. The number of methoxy groups -OCH3 is 1. The number of para-hydroxylation sites is 1. The number of likely N-dealkylation sites (tertiary alicyclic amines) is 1. The minimum absolute atomic E-state index is 0.0483. The number of hydrogen-bond acceptors (Lipinski definition) is 5. The van der Waals surface area contributed by atoms with Crippen LogP contribution in [0.25, 0.3) is 0 Å². The highest BCUT2D eigenvalue weighted by Gasteiger charge is 2.30. The van der Waals surface area contributed by atoms with E-state index in [2.05, 4.69) is 0 Å². The highest BCUT2D eigenvalue weighted by atomic mass is 35.5. The van der Waals surface area contributed by atoms with Crippen molar-refractivity contribution in [2.75, 3.05) is 24.6 Å². The summed E-state index contributed by atoms with van der Waals surface area (Å²) in [5, 5.41) is 0.331. The molecule has 1 aliphatic heterocycles. The van der Waals surface area contributed by atoms with Crippen molar-refractivity contribution in [2.24, 2.45) is 0 Å². The SMILES string of the molecule is COc1cccc(C(=O)N2CCCCC2CCOc2ccccc2CN(c2cc(F)ccc2F)S(=O)(=O)c2ccc(Cl)cc2)c1. The Morgan fingerprint density at radius 2 is 1.76 bits per heavy atom. The van der Waals surface area contributed by atoms with E-state index in [4.69, 9.17) is 21.1 Å². The molecule has 1 aliphatic rings. The number of anilines is 1. The van der Waals surface area contributed by atoms with Crippen LogP contribution in [0.5, 0.6) is 11.5 Å². The molecule has 45 heavy (non-hydrogen) atoms. The number of sulfonamides is 1. The van der Waals surface area contributed by atoms with E-state index in [9.17, 15) is 17.6 Å². The number of rotatable bonds is 11. The molecule has 1 amide bonds. The van der Waals surface area contributed by atoms with Crippen LogP contribution in [0, 0.1) is 11.6 Å². The Hall–Kier alpha value is -4.15. The monoisotopic (exact) mass is 654 g/mol. The molecule has 1 fully saturated rings. The van der Waals surface area contributed by atoms with Crippen LogP contribution in [0.2, 0.25) is 5.02 Å². The summed E-state index contributed by atoms with van der Waals surface area (Å²) in [5.74, 6) is -0.746. The predicted molar refractivity (Wildman–Crippen MR) is 169 cm³/mol.